The van der Waals surface area contributed by atoms with E-state index in [2.05, 4.69) is 17.2 Å². The molecule has 1 aliphatic carbocycles. The number of nitrogens with zero attached hydrogens (tertiary/aromatic N) is 2. The Labute approximate surface area is 107 Å². The maximum Gasteiger partial charge on any atom is 0.0731 e. The van der Waals surface area contributed by atoms with Crippen molar-refractivity contribution in [1.82, 2.24) is 9.78 Å². The third-order valence-corrected chi connectivity index (χ3v) is 3.79. The summed E-state index contributed by atoms with van der Waals surface area (Å²) >= 11 is 0. The van der Waals surface area contributed by atoms with Crippen molar-refractivity contribution in [3.05, 3.63) is 53.3 Å². The van der Waals surface area contributed by atoms with Crippen LogP contribution in [0.3, 0.4) is 0 Å². The van der Waals surface area contributed by atoms with Crippen LogP contribution in [0.25, 0.3) is 0 Å². The van der Waals surface area contributed by atoms with Crippen LogP contribution in [0.2, 0.25) is 0 Å². The molecule has 0 spiro atoms. The largest absolute Gasteiger partial charge is 0.389 e. The van der Waals surface area contributed by atoms with Crippen molar-refractivity contribution >= 4 is 0 Å². The number of hydrogen-bond donors (Lipinski definition) is 1. The fourth-order valence-corrected chi connectivity index (χ4v) is 2.83. The van der Waals surface area contributed by atoms with Crippen molar-refractivity contribution in [3.8, 4) is 0 Å². The molecule has 3 heteroatoms. The molecule has 1 N–H and O–H groups in total. The molecule has 3 rings (SSSR count). The quantitative estimate of drug-likeness (QED) is 0.892. The van der Waals surface area contributed by atoms with E-state index in [0.717, 1.165) is 25.7 Å². The molecular formula is C15H18N2O. The average Bonchev–Trinajstić information content (AvgIpc) is 2.89. The number of aryl methyl sites for hydroxylation is 2. The van der Waals surface area contributed by atoms with Crippen LogP contribution in [0.15, 0.2) is 36.7 Å². The van der Waals surface area contributed by atoms with Crippen molar-refractivity contribution in [3.63, 3.8) is 0 Å². The zero-order chi connectivity index (χ0) is 12.6. The minimum absolute atomic E-state index is 0.570. The number of benzene rings is 1. The zero-order valence-corrected chi connectivity index (χ0v) is 10.6. The van der Waals surface area contributed by atoms with Crippen molar-refractivity contribution in [2.45, 2.75) is 31.3 Å². The summed E-state index contributed by atoms with van der Waals surface area (Å²) in [7, 11) is 1.92. The third kappa shape index (κ3) is 2.18. The van der Waals surface area contributed by atoms with Crippen molar-refractivity contribution < 1.29 is 5.11 Å². The molecule has 0 fully saturated rings. The molecule has 1 heterocycles. The summed E-state index contributed by atoms with van der Waals surface area (Å²) < 4.78 is 1.81. The highest BCUT2D eigenvalue weighted by molar-refractivity contribution is 5.35. The average molecular weight is 242 g/mol. The molecule has 0 saturated carbocycles. The van der Waals surface area contributed by atoms with E-state index in [-0.39, 0.29) is 0 Å². The lowest BCUT2D eigenvalue weighted by Crippen LogP contribution is -2.29. The van der Waals surface area contributed by atoms with Gasteiger partial charge in [-0.3, -0.25) is 4.68 Å². The van der Waals surface area contributed by atoms with Crippen LogP contribution in [0, 0.1) is 0 Å². The summed E-state index contributed by atoms with van der Waals surface area (Å²) in [5, 5.41) is 14.8. The minimum atomic E-state index is -0.570. The fourth-order valence-electron chi connectivity index (χ4n) is 2.83. The molecule has 94 valence electrons. The molecule has 1 aromatic heterocycles. The molecule has 2 aromatic rings. The van der Waals surface area contributed by atoms with Gasteiger partial charge in [-0.15, -0.1) is 0 Å². The number of aromatic nitrogens is 2. The Morgan fingerprint density at radius 2 is 1.94 bits per heavy atom. The van der Waals surface area contributed by atoms with E-state index in [1.54, 1.807) is 0 Å². The second kappa shape index (κ2) is 4.25. The minimum Gasteiger partial charge on any atom is -0.389 e. The topological polar surface area (TPSA) is 38.0 Å². The van der Waals surface area contributed by atoms with E-state index in [0.29, 0.717) is 0 Å². The second-order valence-electron chi connectivity index (χ2n) is 5.37. The molecule has 0 unspecified atom stereocenters. The molecule has 1 aliphatic rings. The van der Waals surface area contributed by atoms with Gasteiger partial charge in [0.25, 0.3) is 0 Å². The SMILES string of the molecule is Cn1cc(CCC2(O)Cc3ccccc3C2)cn1. The van der Waals surface area contributed by atoms with Gasteiger partial charge in [0.15, 0.2) is 0 Å². The van der Waals surface area contributed by atoms with Gasteiger partial charge in [0.05, 0.1) is 11.8 Å². The van der Waals surface area contributed by atoms with E-state index in [1.165, 1.54) is 16.7 Å². The Bertz CT molecular complexity index is 534. The van der Waals surface area contributed by atoms with Crippen LogP contribution in [-0.4, -0.2) is 20.5 Å². The number of hydrogen-bond acceptors (Lipinski definition) is 2. The van der Waals surface area contributed by atoms with Gasteiger partial charge < -0.3 is 5.11 Å². The van der Waals surface area contributed by atoms with Gasteiger partial charge in [0, 0.05) is 26.1 Å². The monoisotopic (exact) mass is 242 g/mol. The van der Waals surface area contributed by atoms with Crippen LogP contribution in [0.5, 0.6) is 0 Å². The Morgan fingerprint density at radius 1 is 1.28 bits per heavy atom. The van der Waals surface area contributed by atoms with Gasteiger partial charge in [-0.1, -0.05) is 24.3 Å². The molecule has 0 amide bonds. The first-order valence-corrected chi connectivity index (χ1v) is 6.41. The zero-order valence-electron chi connectivity index (χ0n) is 10.6. The molecule has 3 nitrogen and oxygen atoms in total. The Balaban J connectivity index is 1.68. The van der Waals surface area contributed by atoms with E-state index < -0.39 is 5.60 Å². The van der Waals surface area contributed by atoms with E-state index >= 15 is 0 Å². The van der Waals surface area contributed by atoms with Crippen LogP contribution in [0.4, 0.5) is 0 Å². The molecule has 0 radical (unpaired) electrons. The van der Waals surface area contributed by atoms with Crippen molar-refractivity contribution in [2.75, 3.05) is 0 Å². The van der Waals surface area contributed by atoms with E-state index in [4.69, 9.17) is 0 Å². The number of fused-ring (bicyclic) bond motifs is 1. The Morgan fingerprint density at radius 3 is 2.50 bits per heavy atom. The summed E-state index contributed by atoms with van der Waals surface area (Å²) in [6.45, 7) is 0. The lowest BCUT2D eigenvalue weighted by molar-refractivity contribution is 0.0427. The first kappa shape index (κ1) is 11.5. The summed E-state index contributed by atoms with van der Waals surface area (Å²) in [4.78, 5) is 0. The first-order valence-electron chi connectivity index (χ1n) is 6.41. The Kier molecular flexibility index (Phi) is 2.71. The van der Waals surface area contributed by atoms with E-state index in [1.807, 2.05) is 36.3 Å². The summed E-state index contributed by atoms with van der Waals surface area (Å²) in [5.74, 6) is 0. The highest BCUT2D eigenvalue weighted by atomic mass is 16.3. The Hall–Kier alpha value is -1.61. The molecule has 0 saturated heterocycles. The predicted molar refractivity (Wildman–Crippen MR) is 70.3 cm³/mol. The summed E-state index contributed by atoms with van der Waals surface area (Å²) in [6, 6.07) is 8.34. The summed E-state index contributed by atoms with van der Waals surface area (Å²) in [6.07, 6.45) is 7.15. The fraction of sp³-hybridized carbons (Fsp3) is 0.400. The maximum absolute atomic E-state index is 10.7. The van der Waals surface area contributed by atoms with Crippen molar-refractivity contribution in [2.24, 2.45) is 7.05 Å². The third-order valence-electron chi connectivity index (χ3n) is 3.79. The molecular weight excluding hydrogens is 224 g/mol. The van der Waals surface area contributed by atoms with Crippen molar-refractivity contribution in [1.29, 1.82) is 0 Å². The molecule has 1 aromatic carbocycles. The van der Waals surface area contributed by atoms with E-state index in [9.17, 15) is 5.11 Å². The van der Waals surface area contributed by atoms with Gasteiger partial charge in [-0.05, 0) is 29.5 Å². The lowest BCUT2D eigenvalue weighted by Gasteiger charge is -2.21. The van der Waals surface area contributed by atoms with Gasteiger partial charge in [-0.25, -0.2) is 0 Å². The molecule has 0 aliphatic heterocycles. The number of aliphatic hydroxyl groups is 1. The van der Waals surface area contributed by atoms with Crippen LogP contribution in [-0.2, 0) is 26.3 Å². The van der Waals surface area contributed by atoms with Gasteiger partial charge in [-0.2, -0.15) is 5.10 Å². The van der Waals surface area contributed by atoms with Gasteiger partial charge in [0.2, 0.25) is 0 Å². The summed E-state index contributed by atoms with van der Waals surface area (Å²) in [5.41, 5.74) is 3.22. The predicted octanol–water partition coefficient (Wildman–Crippen LogP) is 1.88. The van der Waals surface area contributed by atoms with Crippen LogP contribution >= 0.6 is 0 Å². The molecule has 0 atom stereocenters. The van der Waals surface area contributed by atoms with Gasteiger partial charge >= 0.3 is 0 Å². The maximum atomic E-state index is 10.7. The number of rotatable bonds is 3. The van der Waals surface area contributed by atoms with Crippen LogP contribution < -0.4 is 0 Å². The van der Waals surface area contributed by atoms with Crippen LogP contribution in [0.1, 0.15) is 23.1 Å². The highest BCUT2D eigenvalue weighted by Crippen LogP contribution is 2.33. The smallest absolute Gasteiger partial charge is 0.0731 e. The highest BCUT2D eigenvalue weighted by Gasteiger charge is 2.34. The molecule has 0 bridgehead atoms. The second-order valence-corrected chi connectivity index (χ2v) is 5.37. The van der Waals surface area contributed by atoms with Gasteiger partial charge in [0.1, 0.15) is 0 Å². The first-order chi connectivity index (χ1) is 8.65. The normalized spacial score (nSPS) is 16.8. The molecule has 18 heavy (non-hydrogen) atoms. The standard InChI is InChI=1S/C15H18N2O/c1-17-11-12(10-16-17)6-7-15(18)8-13-4-2-3-5-14(13)9-15/h2-5,10-11,18H,6-9H2,1H3. The lowest BCUT2D eigenvalue weighted by atomic mass is 9.93.